The van der Waals surface area contributed by atoms with Gasteiger partial charge in [-0.05, 0) is 157 Å². The van der Waals surface area contributed by atoms with Crippen LogP contribution in [0.4, 0.5) is 0 Å². The molecule has 12 heteroatoms. The number of fused-ring (bicyclic) bond motifs is 2. The molecule has 2 aromatic heterocycles. The normalized spacial score (nSPS) is 13.8. The van der Waals surface area contributed by atoms with Gasteiger partial charge < -0.3 is 29.1 Å². The van der Waals surface area contributed by atoms with E-state index in [9.17, 15) is 24.3 Å². The quantitative estimate of drug-likeness (QED) is 0.118. The largest absolute Gasteiger partial charge is 0.481 e. The lowest BCUT2D eigenvalue weighted by Crippen LogP contribution is -2.36. The zero-order valence-corrected chi connectivity index (χ0v) is 41.1. The van der Waals surface area contributed by atoms with Crippen molar-refractivity contribution in [2.45, 2.75) is 92.2 Å². The monoisotopic (exact) mass is 930 g/mol. The molecule has 12 nitrogen and oxygen atoms in total. The molecular formula is C57H62N4O8. The minimum atomic E-state index is -0.871. The number of carbonyl (C=O) groups excluding carboxylic acids is 3. The van der Waals surface area contributed by atoms with Gasteiger partial charge in [0.25, 0.3) is 11.8 Å². The second-order valence-electron chi connectivity index (χ2n) is 18.3. The Morgan fingerprint density at radius 3 is 1.35 bits per heavy atom. The van der Waals surface area contributed by atoms with Crippen LogP contribution in [-0.4, -0.2) is 83.0 Å². The molecule has 2 atom stereocenters. The number of hydrogen-bond acceptors (Lipinski definition) is 9. The van der Waals surface area contributed by atoms with Crippen LogP contribution in [0.15, 0.2) is 97.3 Å². The average Bonchev–Trinajstić information content (AvgIpc) is 3.35. The number of hydrogen-bond donors (Lipinski definition) is 1. The van der Waals surface area contributed by atoms with Crippen molar-refractivity contribution in [1.82, 2.24) is 19.8 Å². The number of carbonyl (C=O) groups is 4. The van der Waals surface area contributed by atoms with Crippen LogP contribution in [0.3, 0.4) is 0 Å². The fourth-order valence-corrected chi connectivity index (χ4v) is 9.32. The van der Waals surface area contributed by atoms with Crippen LogP contribution in [0.5, 0.6) is 11.8 Å². The second kappa shape index (κ2) is 21.7. The molecule has 0 radical (unpaired) electrons. The summed E-state index contributed by atoms with van der Waals surface area (Å²) in [5, 5.41) is 9.62. The number of methoxy groups -OCH3 is 3. The number of nitrogens with zero attached hydrogens (tertiary/aromatic N) is 4. The van der Waals surface area contributed by atoms with Crippen LogP contribution in [0.1, 0.15) is 123 Å². The number of carboxylic acids is 1. The lowest BCUT2D eigenvalue weighted by atomic mass is 9.84. The molecule has 0 saturated heterocycles. The third kappa shape index (κ3) is 11.5. The van der Waals surface area contributed by atoms with Gasteiger partial charge in [0.15, 0.2) is 0 Å². The van der Waals surface area contributed by atoms with Crippen molar-refractivity contribution in [3.05, 3.63) is 186 Å². The standard InChI is InChI=1S/C29H32N2O4.C28H30N2O4/c1-18-6-7-23(12-19(18)2)29(33)31-11-10-21-8-9-22(14-24(21)17-31)25(15-28(32)35-5)26-16-30-27(34-4)13-20(26)3;1-17-5-6-22(11-18(17)2)28(33)30-10-9-20-7-8-21(13-23(20)16-30)24(14-27(31)32)25-15-29-26(34-4)12-19(25)3/h6-9,12-14,16,25H,10-11,15,17H2,1-5H3;5-8,11-13,15,24H,9-10,14,16H2,1-4H3,(H,31,32). The van der Waals surface area contributed by atoms with Gasteiger partial charge in [-0.2, -0.15) is 0 Å². The molecule has 6 aromatic rings. The SMILES string of the molecule is COC(=O)CC(c1ccc2c(c1)CN(C(=O)c1ccc(C)c(C)c1)CC2)c1cnc(OC)cc1C.COc1cc(C)c(C(CC(=O)O)c2ccc3c(c2)CN(C(=O)c2ccc(C)c(C)c2)CC3)cn1. The highest BCUT2D eigenvalue weighted by atomic mass is 16.5. The lowest BCUT2D eigenvalue weighted by molar-refractivity contribution is -0.141. The van der Waals surface area contributed by atoms with Crippen LogP contribution < -0.4 is 9.47 Å². The Bertz CT molecular complexity index is 2910. The van der Waals surface area contributed by atoms with E-state index in [4.69, 9.17) is 14.2 Å². The number of amides is 2. The van der Waals surface area contributed by atoms with E-state index in [0.29, 0.717) is 43.5 Å². The highest BCUT2D eigenvalue weighted by Gasteiger charge is 2.28. The molecule has 0 aliphatic carbocycles. The number of pyridine rings is 2. The van der Waals surface area contributed by atoms with Crippen LogP contribution in [0, 0.1) is 41.5 Å². The molecule has 0 saturated carbocycles. The summed E-state index contributed by atoms with van der Waals surface area (Å²) in [7, 11) is 4.55. The minimum absolute atomic E-state index is 0.0245. The molecule has 69 heavy (non-hydrogen) atoms. The van der Waals surface area contributed by atoms with E-state index in [-0.39, 0.29) is 42.5 Å². The summed E-state index contributed by atoms with van der Waals surface area (Å²) >= 11 is 0. The summed E-state index contributed by atoms with van der Waals surface area (Å²) in [5.41, 5.74) is 16.3. The summed E-state index contributed by atoms with van der Waals surface area (Å²) in [4.78, 5) is 63.0. The van der Waals surface area contributed by atoms with Gasteiger partial charge in [0.05, 0.1) is 34.2 Å². The molecular weight excluding hydrogens is 869 g/mol. The van der Waals surface area contributed by atoms with E-state index in [1.807, 2.05) is 106 Å². The lowest BCUT2D eigenvalue weighted by Gasteiger charge is -2.30. The third-order valence-electron chi connectivity index (χ3n) is 13.8. The third-order valence-corrected chi connectivity index (χ3v) is 13.8. The summed E-state index contributed by atoms with van der Waals surface area (Å²) in [6.07, 6.45) is 5.22. The van der Waals surface area contributed by atoms with Crippen LogP contribution in [0.25, 0.3) is 0 Å². The number of benzene rings is 4. The van der Waals surface area contributed by atoms with Crippen molar-refractivity contribution in [2.75, 3.05) is 34.4 Å². The van der Waals surface area contributed by atoms with E-state index < -0.39 is 5.97 Å². The first-order chi connectivity index (χ1) is 33.1. The maximum Gasteiger partial charge on any atom is 0.306 e. The number of ether oxygens (including phenoxy) is 3. The van der Waals surface area contributed by atoms with Crippen LogP contribution >= 0.6 is 0 Å². The van der Waals surface area contributed by atoms with Gasteiger partial charge in [-0.15, -0.1) is 0 Å². The maximum absolute atomic E-state index is 13.2. The fourth-order valence-electron chi connectivity index (χ4n) is 9.32. The van der Waals surface area contributed by atoms with E-state index >= 15 is 0 Å². The molecule has 2 unspecified atom stereocenters. The summed E-state index contributed by atoms with van der Waals surface area (Å²) in [6.45, 7) is 14.5. The number of aromatic nitrogens is 2. The average molecular weight is 931 g/mol. The zero-order valence-electron chi connectivity index (χ0n) is 41.1. The van der Waals surface area contributed by atoms with Crippen LogP contribution in [-0.2, 0) is 40.3 Å². The molecule has 0 fully saturated rings. The van der Waals surface area contributed by atoms with Crippen molar-refractivity contribution in [2.24, 2.45) is 0 Å². The Labute approximate surface area is 405 Å². The molecule has 4 heterocycles. The van der Waals surface area contributed by atoms with E-state index in [1.165, 1.54) is 23.8 Å². The van der Waals surface area contributed by atoms with Gasteiger partial charge in [0, 0.05) is 73.7 Å². The molecule has 2 aliphatic heterocycles. The second-order valence-corrected chi connectivity index (χ2v) is 18.3. The van der Waals surface area contributed by atoms with Crippen molar-refractivity contribution in [3.63, 3.8) is 0 Å². The number of rotatable bonds is 12. The Morgan fingerprint density at radius 1 is 0.536 bits per heavy atom. The Balaban J connectivity index is 0.000000204. The Hall–Kier alpha value is -7.34. The Kier molecular flexibility index (Phi) is 15.6. The summed E-state index contributed by atoms with van der Waals surface area (Å²) in [6, 6.07) is 27.9. The fraction of sp³-hybridized carbons (Fsp3) is 0.333. The first kappa shape index (κ1) is 49.6. The smallest absolute Gasteiger partial charge is 0.306 e. The van der Waals surface area contributed by atoms with Crippen molar-refractivity contribution >= 4 is 23.8 Å². The van der Waals surface area contributed by atoms with E-state index in [1.54, 1.807) is 26.6 Å². The van der Waals surface area contributed by atoms with Crippen molar-refractivity contribution in [3.8, 4) is 11.8 Å². The first-order valence-corrected chi connectivity index (χ1v) is 23.3. The molecule has 1 N–H and O–H groups in total. The molecule has 2 aliphatic rings. The number of aryl methyl sites for hydroxylation is 6. The number of carboxylic acid groups (broad SMARTS) is 1. The molecule has 0 spiro atoms. The molecule has 4 aromatic carbocycles. The maximum atomic E-state index is 13.2. The van der Waals surface area contributed by atoms with E-state index in [0.717, 1.165) is 79.6 Å². The van der Waals surface area contributed by atoms with E-state index in [2.05, 4.69) is 40.3 Å². The van der Waals surface area contributed by atoms with Gasteiger partial charge in [0.1, 0.15) is 0 Å². The predicted octanol–water partition coefficient (Wildman–Crippen LogP) is 9.73. The highest BCUT2D eigenvalue weighted by Crippen LogP contribution is 2.36. The minimum Gasteiger partial charge on any atom is -0.481 e. The number of aliphatic carboxylic acids is 1. The predicted molar refractivity (Wildman–Crippen MR) is 265 cm³/mol. The number of esters is 1. The molecule has 0 bridgehead atoms. The van der Waals surface area contributed by atoms with Gasteiger partial charge in [-0.25, -0.2) is 9.97 Å². The van der Waals surface area contributed by atoms with Crippen molar-refractivity contribution in [1.29, 1.82) is 0 Å². The molecule has 358 valence electrons. The van der Waals surface area contributed by atoms with Gasteiger partial charge in [-0.3, -0.25) is 19.2 Å². The molecule has 8 rings (SSSR count). The van der Waals surface area contributed by atoms with Crippen molar-refractivity contribution < 1.29 is 38.5 Å². The summed E-state index contributed by atoms with van der Waals surface area (Å²) < 4.78 is 15.5. The zero-order chi connectivity index (χ0) is 49.5. The Morgan fingerprint density at radius 2 is 0.971 bits per heavy atom. The highest BCUT2D eigenvalue weighted by molar-refractivity contribution is 5.95. The first-order valence-electron chi connectivity index (χ1n) is 23.3. The van der Waals surface area contributed by atoms with Gasteiger partial charge >= 0.3 is 11.9 Å². The van der Waals surface area contributed by atoms with Gasteiger partial charge in [0.2, 0.25) is 11.8 Å². The van der Waals surface area contributed by atoms with Crippen LogP contribution in [0.2, 0.25) is 0 Å². The molecule has 2 amide bonds. The topological polar surface area (TPSA) is 148 Å². The summed E-state index contributed by atoms with van der Waals surface area (Å²) in [5.74, 6) is -0.597. The van der Waals surface area contributed by atoms with Gasteiger partial charge in [-0.1, -0.05) is 48.5 Å².